The molecule has 0 saturated carbocycles. The highest BCUT2D eigenvalue weighted by Crippen LogP contribution is 2.30. The number of nitrogens with two attached hydrogens (primary N) is 1. The molecule has 4 nitrogen and oxygen atoms in total. The fraction of sp³-hybridized carbons (Fsp3) is 0.333. The maximum absolute atomic E-state index is 8.95. The van der Waals surface area contributed by atoms with Crippen molar-refractivity contribution < 1.29 is 9.47 Å². The molecular formula is C15H18N2O2S. The molecule has 1 aromatic rings. The van der Waals surface area contributed by atoms with Crippen LogP contribution in [-0.2, 0) is 0 Å². The van der Waals surface area contributed by atoms with Gasteiger partial charge in [0.25, 0.3) is 0 Å². The summed E-state index contributed by atoms with van der Waals surface area (Å²) in [6.45, 7) is 4.05. The van der Waals surface area contributed by atoms with Gasteiger partial charge in [-0.15, -0.1) is 0 Å². The van der Waals surface area contributed by atoms with Gasteiger partial charge in [0.15, 0.2) is 11.5 Å². The quantitative estimate of drug-likeness (QED) is 0.495. The van der Waals surface area contributed by atoms with E-state index in [0.29, 0.717) is 11.5 Å². The number of methoxy groups -OCH3 is 1. The summed E-state index contributed by atoms with van der Waals surface area (Å²) < 4.78 is 11.1. The zero-order valence-electron chi connectivity index (χ0n) is 11.8. The molecule has 0 spiro atoms. The molecule has 0 heterocycles. The van der Waals surface area contributed by atoms with Crippen molar-refractivity contribution in [2.24, 2.45) is 5.73 Å². The van der Waals surface area contributed by atoms with Gasteiger partial charge >= 0.3 is 0 Å². The molecule has 0 bridgehead atoms. The normalized spacial score (nSPS) is 12.4. The van der Waals surface area contributed by atoms with Crippen molar-refractivity contribution >= 4 is 23.3 Å². The van der Waals surface area contributed by atoms with Gasteiger partial charge in [0.1, 0.15) is 11.1 Å². The molecule has 1 rings (SSSR count). The Hall–Kier alpha value is -2.06. The van der Waals surface area contributed by atoms with Crippen LogP contribution in [0, 0.1) is 11.3 Å². The number of ether oxygens (including phenoxy) is 2. The van der Waals surface area contributed by atoms with Gasteiger partial charge in [0, 0.05) is 0 Å². The lowest BCUT2D eigenvalue weighted by atomic mass is 10.1. The minimum Gasteiger partial charge on any atom is -0.493 e. The van der Waals surface area contributed by atoms with Crippen LogP contribution < -0.4 is 15.2 Å². The molecule has 0 fully saturated rings. The summed E-state index contributed by atoms with van der Waals surface area (Å²) in [4.78, 5) is 0.0754. The first-order chi connectivity index (χ1) is 9.51. The molecule has 5 heteroatoms. The van der Waals surface area contributed by atoms with Gasteiger partial charge in [-0.25, -0.2) is 0 Å². The fourth-order valence-corrected chi connectivity index (χ4v) is 1.60. The number of thiocarbonyl (C=S) groups is 1. The van der Waals surface area contributed by atoms with Crippen LogP contribution in [0.2, 0.25) is 0 Å². The molecular weight excluding hydrogens is 272 g/mol. The summed E-state index contributed by atoms with van der Waals surface area (Å²) in [5.74, 6) is 1.28. The van der Waals surface area contributed by atoms with Crippen molar-refractivity contribution in [3.63, 3.8) is 0 Å². The standard InChI is InChI=1S/C15H18N2O2S/c1-4-10(2)19-13-6-5-11(8-14(13)18-3)7-12(9-16)15(17)20/h5-8,10H,4H2,1-3H3,(H2,17,20)/b12-7-/t10-/m1/s1. The zero-order chi connectivity index (χ0) is 15.1. The molecule has 0 aliphatic carbocycles. The number of nitrogens with zero attached hydrogens (tertiary/aromatic N) is 1. The number of benzene rings is 1. The Bertz CT molecular complexity index is 561. The van der Waals surface area contributed by atoms with Crippen LogP contribution in [0.5, 0.6) is 11.5 Å². The van der Waals surface area contributed by atoms with E-state index in [-0.39, 0.29) is 16.7 Å². The smallest absolute Gasteiger partial charge is 0.161 e. The average molecular weight is 290 g/mol. The van der Waals surface area contributed by atoms with Crippen LogP contribution in [0.25, 0.3) is 6.08 Å². The van der Waals surface area contributed by atoms with E-state index in [1.54, 1.807) is 19.3 Å². The highest BCUT2D eigenvalue weighted by Gasteiger charge is 2.09. The molecule has 20 heavy (non-hydrogen) atoms. The van der Waals surface area contributed by atoms with E-state index < -0.39 is 0 Å². The van der Waals surface area contributed by atoms with Crippen LogP contribution in [0.1, 0.15) is 25.8 Å². The van der Waals surface area contributed by atoms with Crippen molar-refractivity contribution in [3.8, 4) is 17.6 Å². The predicted octanol–water partition coefficient (Wildman–Crippen LogP) is 3.07. The Balaban J connectivity index is 3.10. The molecule has 0 aliphatic rings. The molecule has 1 aromatic carbocycles. The monoisotopic (exact) mass is 290 g/mol. The summed E-state index contributed by atoms with van der Waals surface area (Å²) in [6.07, 6.45) is 2.64. The maximum Gasteiger partial charge on any atom is 0.161 e. The van der Waals surface area contributed by atoms with E-state index in [4.69, 9.17) is 32.7 Å². The summed E-state index contributed by atoms with van der Waals surface area (Å²) in [5.41, 5.74) is 6.51. The maximum atomic E-state index is 8.95. The van der Waals surface area contributed by atoms with E-state index in [1.165, 1.54) is 0 Å². The second kappa shape index (κ2) is 7.51. The lowest BCUT2D eigenvalue weighted by molar-refractivity contribution is 0.207. The van der Waals surface area contributed by atoms with E-state index in [0.717, 1.165) is 12.0 Å². The van der Waals surface area contributed by atoms with Gasteiger partial charge in [0.2, 0.25) is 0 Å². The van der Waals surface area contributed by atoms with Crippen LogP contribution in [0.15, 0.2) is 23.8 Å². The first-order valence-corrected chi connectivity index (χ1v) is 6.68. The van der Waals surface area contributed by atoms with Crippen molar-refractivity contribution in [2.45, 2.75) is 26.4 Å². The Kier molecular flexibility index (Phi) is 6.01. The number of hydrogen-bond donors (Lipinski definition) is 1. The third-order valence-corrected chi connectivity index (χ3v) is 3.01. The van der Waals surface area contributed by atoms with Crippen molar-refractivity contribution in [1.82, 2.24) is 0 Å². The largest absolute Gasteiger partial charge is 0.493 e. The Morgan fingerprint density at radius 1 is 1.50 bits per heavy atom. The van der Waals surface area contributed by atoms with Crippen LogP contribution in [0.4, 0.5) is 0 Å². The molecule has 0 saturated heterocycles. The third-order valence-electron chi connectivity index (χ3n) is 2.79. The topological polar surface area (TPSA) is 68.3 Å². The zero-order valence-corrected chi connectivity index (χ0v) is 12.7. The van der Waals surface area contributed by atoms with Gasteiger partial charge in [-0.2, -0.15) is 5.26 Å². The highest BCUT2D eigenvalue weighted by atomic mass is 32.1. The van der Waals surface area contributed by atoms with Gasteiger partial charge in [-0.1, -0.05) is 25.2 Å². The molecule has 0 amide bonds. The van der Waals surface area contributed by atoms with Gasteiger partial charge < -0.3 is 15.2 Å². The molecule has 0 radical (unpaired) electrons. The molecule has 0 aromatic heterocycles. The van der Waals surface area contributed by atoms with Gasteiger partial charge in [-0.3, -0.25) is 0 Å². The van der Waals surface area contributed by atoms with E-state index in [1.807, 2.05) is 25.1 Å². The summed E-state index contributed by atoms with van der Waals surface area (Å²) in [5, 5.41) is 8.95. The molecule has 1 atom stereocenters. The summed E-state index contributed by atoms with van der Waals surface area (Å²) >= 11 is 4.81. The number of hydrogen-bond acceptors (Lipinski definition) is 4. The minimum atomic E-state index is 0.0754. The predicted molar refractivity (Wildman–Crippen MR) is 83.8 cm³/mol. The lowest BCUT2D eigenvalue weighted by Gasteiger charge is -2.15. The SMILES string of the molecule is CC[C@@H](C)Oc1ccc(/C=C(/C#N)C(N)=S)cc1OC. The van der Waals surface area contributed by atoms with Crippen LogP contribution in [-0.4, -0.2) is 18.2 Å². The van der Waals surface area contributed by atoms with E-state index in [9.17, 15) is 0 Å². The summed E-state index contributed by atoms with van der Waals surface area (Å²) in [7, 11) is 1.57. The first kappa shape index (κ1) is 16.0. The van der Waals surface area contributed by atoms with Crippen molar-refractivity contribution in [2.75, 3.05) is 7.11 Å². The molecule has 0 aliphatic heterocycles. The Labute approximate surface area is 124 Å². The van der Waals surface area contributed by atoms with E-state index >= 15 is 0 Å². The lowest BCUT2D eigenvalue weighted by Crippen LogP contribution is -2.11. The molecule has 2 N–H and O–H groups in total. The second-order valence-corrected chi connectivity index (χ2v) is 4.72. The minimum absolute atomic E-state index is 0.0754. The van der Waals surface area contributed by atoms with Gasteiger partial charge in [-0.05, 0) is 37.1 Å². The van der Waals surface area contributed by atoms with Gasteiger partial charge in [0.05, 0.1) is 18.8 Å². The molecule has 0 unspecified atom stereocenters. The highest BCUT2D eigenvalue weighted by molar-refractivity contribution is 7.80. The number of rotatable bonds is 6. The molecule has 106 valence electrons. The fourth-order valence-electron chi connectivity index (χ4n) is 1.50. The van der Waals surface area contributed by atoms with Crippen LogP contribution in [0.3, 0.4) is 0 Å². The Morgan fingerprint density at radius 3 is 2.70 bits per heavy atom. The van der Waals surface area contributed by atoms with Crippen LogP contribution >= 0.6 is 12.2 Å². The van der Waals surface area contributed by atoms with E-state index in [2.05, 4.69) is 6.92 Å². The van der Waals surface area contributed by atoms with Crippen molar-refractivity contribution in [1.29, 1.82) is 5.26 Å². The average Bonchev–Trinajstić information content (AvgIpc) is 2.45. The Morgan fingerprint density at radius 2 is 2.20 bits per heavy atom. The first-order valence-electron chi connectivity index (χ1n) is 6.28. The number of nitriles is 1. The second-order valence-electron chi connectivity index (χ2n) is 4.28. The summed E-state index contributed by atoms with van der Waals surface area (Å²) in [6, 6.07) is 7.39. The third kappa shape index (κ3) is 4.25. The van der Waals surface area contributed by atoms with Crippen molar-refractivity contribution in [3.05, 3.63) is 29.3 Å².